The van der Waals surface area contributed by atoms with Crippen LogP contribution in [0.1, 0.15) is 24.9 Å². The number of hydrogen-bond acceptors (Lipinski definition) is 3. The monoisotopic (exact) mass is 221 g/mol. The van der Waals surface area contributed by atoms with Crippen molar-refractivity contribution in [2.75, 3.05) is 14.2 Å². The van der Waals surface area contributed by atoms with E-state index in [1.807, 2.05) is 25.1 Å². The summed E-state index contributed by atoms with van der Waals surface area (Å²) in [4.78, 5) is 0. The molecule has 3 nitrogen and oxygen atoms in total. The number of rotatable bonds is 5. The minimum absolute atomic E-state index is 0.0442. The van der Waals surface area contributed by atoms with Crippen LogP contribution in [0.5, 0.6) is 11.5 Å². The first-order valence-electron chi connectivity index (χ1n) is 5.20. The van der Waals surface area contributed by atoms with Gasteiger partial charge in [-0.1, -0.05) is 11.6 Å². The molecule has 0 aromatic heterocycles. The van der Waals surface area contributed by atoms with Gasteiger partial charge in [0.15, 0.2) is 11.5 Å². The Morgan fingerprint density at radius 3 is 2.44 bits per heavy atom. The molecule has 1 aromatic carbocycles. The Morgan fingerprint density at radius 1 is 1.31 bits per heavy atom. The van der Waals surface area contributed by atoms with Crippen LogP contribution in [0.3, 0.4) is 0 Å². The van der Waals surface area contributed by atoms with Crippen LogP contribution in [-0.2, 0) is 0 Å². The molecule has 0 saturated carbocycles. The molecule has 0 radical (unpaired) electrons. The second-order valence-corrected chi connectivity index (χ2v) is 3.88. The summed E-state index contributed by atoms with van der Waals surface area (Å²) >= 11 is 0. The maximum Gasteiger partial charge on any atom is 0.161 e. The van der Waals surface area contributed by atoms with Gasteiger partial charge in [0.1, 0.15) is 0 Å². The lowest BCUT2D eigenvalue weighted by molar-refractivity contribution is 0.354. The van der Waals surface area contributed by atoms with E-state index in [1.165, 1.54) is 0 Å². The van der Waals surface area contributed by atoms with Crippen LogP contribution in [0.4, 0.5) is 0 Å². The topological polar surface area (TPSA) is 44.5 Å². The number of benzene rings is 1. The van der Waals surface area contributed by atoms with Crippen LogP contribution in [0, 0.1) is 0 Å². The lowest BCUT2D eigenvalue weighted by atomic mass is 10.0. The third-order valence-corrected chi connectivity index (χ3v) is 2.40. The predicted molar refractivity (Wildman–Crippen MR) is 65.9 cm³/mol. The van der Waals surface area contributed by atoms with Gasteiger partial charge >= 0.3 is 0 Å². The average molecular weight is 221 g/mol. The lowest BCUT2D eigenvalue weighted by Gasteiger charge is -2.14. The second-order valence-electron chi connectivity index (χ2n) is 3.88. The molecule has 2 N–H and O–H groups in total. The Morgan fingerprint density at radius 2 is 1.94 bits per heavy atom. The van der Waals surface area contributed by atoms with Crippen molar-refractivity contribution >= 4 is 0 Å². The van der Waals surface area contributed by atoms with Crippen LogP contribution in [-0.4, -0.2) is 14.2 Å². The first-order valence-corrected chi connectivity index (χ1v) is 5.20. The Hall–Kier alpha value is -1.48. The van der Waals surface area contributed by atoms with E-state index < -0.39 is 0 Å². The van der Waals surface area contributed by atoms with Gasteiger partial charge in [0.25, 0.3) is 0 Å². The zero-order valence-corrected chi connectivity index (χ0v) is 10.1. The largest absolute Gasteiger partial charge is 0.493 e. The van der Waals surface area contributed by atoms with Crippen molar-refractivity contribution in [3.63, 3.8) is 0 Å². The summed E-state index contributed by atoms with van der Waals surface area (Å²) in [5.74, 6) is 1.42. The van der Waals surface area contributed by atoms with E-state index >= 15 is 0 Å². The number of ether oxygens (including phenoxy) is 2. The summed E-state index contributed by atoms with van der Waals surface area (Å²) in [5, 5.41) is 0. The Labute approximate surface area is 96.9 Å². The fourth-order valence-corrected chi connectivity index (χ4v) is 1.58. The number of nitrogens with two attached hydrogens (primary N) is 1. The normalized spacial score (nSPS) is 12.0. The highest BCUT2D eigenvalue weighted by atomic mass is 16.5. The Kier molecular flexibility index (Phi) is 4.38. The Balaban J connectivity index is 2.93. The molecule has 0 fully saturated rings. The van der Waals surface area contributed by atoms with Gasteiger partial charge in [-0.15, -0.1) is 6.58 Å². The number of hydrogen-bond donors (Lipinski definition) is 1. The molecule has 0 saturated heterocycles. The highest BCUT2D eigenvalue weighted by Crippen LogP contribution is 2.30. The summed E-state index contributed by atoms with van der Waals surface area (Å²) in [6.45, 7) is 5.83. The minimum Gasteiger partial charge on any atom is -0.493 e. The summed E-state index contributed by atoms with van der Waals surface area (Å²) in [5.41, 5.74) is 8.15. The van der Waals surface area contributed by atoms with E-state index in [0.29, 0.717) is 11.5 Å². The molecule has 0 amide bonds. The van der Waals surface area contributed by atoms with Crippen molar-refractivity contribution in [1.29, 1.82) is 0 Å². The fraction of sp³-hybridized carbons (Fsp3) is 0.385. The molecule has 3 heteroatoms. The Bertz CT molecular complexity index is 374. The zero-order chi connectivity index (χ0) is 12.1. The van der Waals surface area contributed by atoms with Crippen molar-refractivity contribution < 1.29 is 9.47 Å². The van der Waals surface area contributed by atoms with Crippen LogP contribution in [0.2, 0.25) is 0 Å². The van der Waals surface area contributed by atoms with Crippen molar-refractivity contribution in [2.24, 2.45) is 5.73 Å². The standard InChI is InChI=1S/C13H19NO2/c1-9(2)7-11(14)10-5-6-12(15-3)13(8-10)16-4/h5-6,8,11H,1,7,14H2,2-4H3/t11-/m0/s1. The fourth-order valence-electron chi connectivity index (χ4n) is 1.58. The van der Waals surface area contributed by atoms with Crippen molar-refractivity contribution in [3.05, 3.63) is 35.9 Å². The van der Waals surface area contributed by atoms with E-state index in [2.05, 4.69) is 6.58 Å². The molecule has 0 bridgehead atoms. The van der Waals surface area contributed by atoms with E-state index in [1.54, 1.807) is 14.2 Å². The van der Waals surface area contributed by atoms with Gasteiger partial charge in [-0.2, -0.15) is 0 Å². The second kappa shape index (κ2) is 5.56. The van der Waals surface area contributed by atoms with E-state index in [4.69, 9.17) is 15.2 Å². The van der Waals surface area contributed by atoms with Crippen molar-refractivity contribution in [2.45, 2.75) is 19.4 Å². The molecule has 0 unspecified atom stereocenters. The molecule has 0 aliphatic heterocycles. The van der Waals surface area contributed by atoms with Gasteiger partial charge in [0, 0.05) is 6.04 Å². The molecule has 1 atom stereocenters. The van der Waals surface area contributed by atoms with Gasteiger partial charge in [-0.05, 0) is 31.0 Å². The van der Waals surface area contributed by atoms with Crippen molar-refractivity contribution in [3.8, 4) is 11.5 Å². The quantitative estimate of drug-likeness (QED) is 0.777. The highest BCUT2D eigenvalue weighted by molar-refractivity contribution is 5.43. The van der Waals surface area contributed by atoms with Crippen LogP contribution in [0.25, 0.3) is 0 Å². The summed E-state index contributed by atoms with van der Waals surface area (Å²) in [6, 6.07) is 5.69. The molecule has 0 spiro atoms. The molecule has 0 heterocycles. The van der Waals surface area contributed by atoms with Crippen LogP contribution in [0.15, 0.2) is 30.4 Å². The SMILES string of the molecule is C=C(C)C[C@H](N)c1ccc(OC)c(OC)c1. The summed E-state index contributed by atoms with van der Waals surface area (Å²) in [6.07, 6.45) is 0.773. The third-order valence-electron chi connectivity index (χ3n) is 2.40. The molecular formula is C13H19NO2. The van der Waals surface area contributed by atoms with Gasteiger partial charge in [0.2, 0.25) is 0 Å². The van der Waals surface area contributed by atoms with Crippen LogP contribution >= 0.6 is 0 Å². The van der Waals surface area contributed by atoms with Gasteiger partial charge in [0.05, 0.1) is 14.2 Å². The van der Waals surface area contributed by atoms with Gasteiger partial charge in [-0.3, -0.25) is 0 Å². The smallest absolute Gasteiger partial charge is 0.161 e. The molecule has 0 aliphatic rings. The van der Waals surface area contributed by atoms with Crippen LogP contribution < -0.4 is 15.2 Å². The van der Waals surface area contributed by atoms with E-state index in [0.717, 1.165) is 17.6 Å². The van der Waals surface area contributed by atoms with E-state index in [-0.39, 0.29) is 6.04 Å². The maximum atomic E-state index is 6.05. The molecule has 16 heavy (non-hydrogen) atoms. The third kappa shape index (κ3) is 3.00. The first kappa shape index (κ1) is 12.6. The lowest BCUT2D eigenvalue weighted by Crippen LogP contribution is -2.10. The molecular weight excluding hydrogens is 202 g/mol. The average Bonchev–Trinajstić information content (AvgIpc) is 2.27. The zero-order valence-electron chi connectivity index (χ0n) is 10.1. The van der Waals surface area contributed by atoms with Gasteiger partial charge in [-0.25, -0.2) is 0 Å². The van der Waals surface area contributed by atoms with Crippen molar-refractivity contribution in [1.82, 2.24) is 0 Å². The summed E-state index contributed by atoms with van der Waals surface area (Å²) < 4.78 is 10.4. The number of methoxy groups -OCH3 is 2. The molecule has 88 valence electrons. The van der Waals surface area contributed by atoms with Gasteiger partial charge < -0.3 is 15.2 Å². The minimum atomic E-state index is -0.0442. The molecule has 0 aliphatic carbocycles. The highest BCUT2D eigenvalue weighted by Gasteiger charge is 2.10. The summed E-state index contributed by atoms with van der Waals surface area (Å²) in [7, 11) is 3.23. The molecule has 1 aromatic rings. The first-order chi connectivity index (χ1) is 7.58. The molecule has 1 rings (SSSR count). The maximum absolute atomic E-state index is 6.05. The predicted octanol–water partition coefficient (Wildman–Crippen LogP) is 2.67. The van der Waals surface area contributed by atoms with E-state index in [9.17, 15) is 0 Å².